The fraction of sp³-hybridized carbons (Fsp3) is 0.0714. The Kier molecular flexibility index (Phi) is 5.13. The Morgan fingerprint density at radius 2 is 1.76 bits per heavy atom. The highest BCUT2D eigenvalue weighted by molar-refractivity contribution is 9.11. The van der Waals surface area contributed by atoms with Crippen LogP contribution in [0.3, 0.4) is 0 Å². The lowest BCUT2D eigenvalue weighted by atomic mass is 10.2. The van der Waals surface area contributed by atoms with Gasteiger partial charge >= 0.3 is 0 Å². The predicted molar refractivity (Wildman–Crippen MR) is 90.9 cm³/mol. The topological polar surface area (TPSA) is 68.3 Å². The van der Waals surface area contributed by atoms with E-state index in [-0.39, 0.29) is 5.84 Å². The van der Waals surface area contributed by atoms with Crippen LogP contribution in [0.2, 0.25) is 5.02 Å². The minimum Gasteiger partial charge on any atom is -0.496 e. The zero-order valence-corrected chi connectivity index (χ0v) is 14.8. The van der Waals surface area contributed by atoms with Crippen molar-refractivity contribution in [3.05, 3.63) is 49.9 Å². The van der Waals surface area contributed by atoms with E-state index in [2.05, 4.69) is 31.9 Å². The van der Waals surface area contributed by atoms with E-state index >= 15 is 0 Å². The van der Waals surface area contributed by atoms with Crippen molar-refractivity contribution in [1.29, 1.82) is 5.41 Å². The highest BCUT2D eigenvalue weighted by Gasteiger charge is 2.11. The summed E-state index contributed by atoms with van der Waals surface area (Å²) < 4.78 is 12.5. The molecular formula is C14H11Br2ClN2O2. The minimum atomic E-state index is -0.0834. The maximum Gasteiger partial charge on any atom is 0.143 e. The first-order chi connectivity index (χ1) is 9.92. The first-order valence-electron chi connectivity index (χ1n) is 5.77. The fourth-order valence-corrected chi connectivity index (χ4v) is 2.81. The SMILES string of the molecule is COc1cc(Br)c(Oc2ccc(C(=N)N)c(Cl)c2)cc1Br. The van der Waals surface area contributed by atoms with E-state index in [4.69, 9.17) is 32.2 Å². The number of rotatable bonds is 4. The summed E-state index contributed by atoms with van der Waals surface area (Å²) in [7, 11) is 1.59. The summed E-state index contributed by atoms with van der Waals surface area (Å²) in [4.78, 5) is 0. The summed E-state index contributed by atoms with van der Waals surface area (Å²) >= 11 is 12.9. The third-order valence-corrected chi connectivity index (χ3v) is 4.22. The molecule has 2 aromatic carbocycles. The van der Waals surface area contributed by atoms with Gasteiger partial charge in [-0.2, -0.15) is 0 Å². The van der Waals surface area contributed by atoms with Gasteiger partial charge in [0.05, 0.1) is 21.1 Å². The van der Waals surface area contributed by atoms with E-state index in [0.29, 0.717) is 27.8 Å². The van der Waals surface area contributed by atoms with Gasteiger partial charge in [0.1, 0.15) is 23.1 Å². The Balaban J connectivity index is 2.32. The average molecular weight is 435 g/mol. The number of halogens is 3. The fourth-order valence-electron chi connectivity index (χ4n) is 1.65. The molecule has 0 saturated heterocycles. The molecular weight excluding hydrogens is 423 g/mol. The number of ether oxygens (including phenoxy) is 2. The zero-order valence-electron chi connectivity index (χ0n) is 10.9. The molecule has 0 amide bonds. The molecule has 2 aromatic rings. The van der Waals surface area contributed by atoms with Crippen LogP contribution in [-0.2, 0) is 0 Å². The van der Waals surface area contributed by atoms with Gasteiger partial charge in [-0.05, 0) is 56.1 Å². The molecule has 7 heteroatoms. The van der Waals surface area contributed by atoms with Crippen LogP contribution in [0, 0.1) is 5.41 Å². The van der Waals surface area contributed by atoms with Gasteiger partial charge in [-0.25, -0.2) is 0 Å². The van der Waals surface area contributed by atoms with Crippen LogP contribution in [0.1, 0.15) is 5.56 Å². The van der Waals surface area contributed by atoms with Crippen LogP contribution < -0.4 is 15.2 Å². The second-order valence-electron chi connectivity index (χ2n) is 4.07. The molecule has 0 fully saturated rings. The summed E-state index contributed by atoms with van der Waals surface area (Å²) in [5.74, 6) is 1.76. The van der Waals surface area contributed by atoms with Crippen LogP contribution in [-0.4, -0.2) is 12.9 Å². The molecule has 0 aliphatic rings. The van der Waals surface area contributed by atoms with Crippen molar-refractivity contribution < 1.29 is 9.47 Å². The molecule has 0 spiro atoms. The summed E-state index contributed by atoms with van der Waals surface area (Å²) in [6.07, 6.45) is 0. The lowest BCUT2D eigenvalue weighted by Gasteiger charge is -2.12. The number of hydrogen-bond donors (Lipinski definition) is 2. The standard InChI is InChI=1S/C14H11Br2ClN2O2/c1-20-12-5-10(16)13(6-9(12)15)21-7-2-3-8(14(18)19)11(17)4-7/h2-6H,1H3,(H3,18,19). The minimum absolute atomic E-state index is 0.0834. The van der Waals surface area contributed by atoms with E-state index in [1.54, 1.807) is 37.4 Å². The summed E-state index contributed by atoms with van der Waals surface area (Å²) in [6, 6.07) is 8.54. The lowest BCUT2D eigenvalue weighted by molar-refractivity contribution is 0.409. The van der Waals surface area contributed by atoms with Crippen molar-refractivity contribution in [3.63, 3.8) is 0 Å². The smallest absolute Gasteiger partial charge is 0.143 e. The lowest BCUT2D eigenvalue weighted by Crippen LogP contribution is -2.11. The Hall–Kier alpha value is -1.24. The Bertz CT molecular complexity index is 708. The third kappa shape index (κ3) is 3.70. The maximum absolute atomic E-state index is 7.40. The predicted octanol–water partition coefficient (Wildman–Crippen LogP) is 4.95. The Morgan fingerprint density at radius 3 is 2.33 bits per heavy atom. The second-order valence-corrected chi connectivity index (χ2v) is 6.19. The molecule has 0 saturated carbocycles. The van der Waals surface area contributed by atoms with Gasteiger partial charge in [-0.3, -0.25) is 5.41 Å². The molecule has 4 nitrogen and oxygen atoms in total. The van der Waals surface area contributed by atoms with E-state index in [1.165, 1.54) is 0 Å². The molecule has 0 aromatic heterocycles. The number of amidine groups is 1. The number of nitrogens with one attached hydrogen (secondary N) is 1. The van der Waals surface area contributed by atoms with Crippen molar-refractivity contribution in [2.45, 2.75) is 0 Å². The van der Waals surface area contributed by atoms with Gasteiger partial charge in [0, 0.05) is 11.6 Å². The van der Waals surface area contributed by atoms with E-state index < -0.39 is 0 Å². The third-order valence-electron chi connectivity index (χ3n) is 2.66. The molecule has 0 radical (unpaired) electrons. The highest BCUT2D eigenvalue weighted by Crippen LogP contribution is 2.38. The monoisotopic (exact) mass is 432 g/mol. The molecule has 21 heavy (non-hydrogen) atoms. The average Bonchev–Trinajstić information content (AvgIpc) is 2.42. The summed E-state index contributed by atoms with van der Waals surface area (Å²) in [6.45, 7) is 0. The molecule has 0 bridgehead atoms. The highest BCUT2D eigenvalue weighted by atomic mass is 79.9. The summed E-state index contributed by atoms with van der Waals surface area (Å²) in [5.41, 5.74) is 5.89. The van der Waals surface area contributed by atoms with Gasteiger partial charge in [-0.1, -0.05) is 11.6 Å². The van der Waals surface area contributed by atoms with Crippen molar-refractivity contribution in [3.8, 4) is 17.2 Å². The Morgan fingerprint density at radius 1 is 1.14 bits per heavy atom. The molecule has 0 heterocycles. The number of benzene rings is 2. The quantitative estimate of drug-likeness (QED) is 0.529. The number of nitrogen functional groups attached to an aromatic ring is 1. The van der Waals surface area contributed by atoms with Crippen LogP contribution in [0.5, 0.6) is 17.2 Å². The van der Waals surface area contributed by atoms with Gasteiger partial charge in [0.2, 0.25) is 0 Å². The summed E-state index contributed by atoms with van der Waals surface area (Å²) in [5, 5.41) is 7.76. The second kappa shape index (κ2) is 6.68. The number of nitrogens with two attached hydrogens (primary N) is 1. The molecule has 0 atom stereocenters. The van der Waals surface area contributed by atoms with Crippen molar-refractivity contribution in [2.24, 2.45) is 5.73 Å². The van der Waals surface area contributed by atoms with Crippen molar-refractivity contribution in [1.82, 2.24) is 0 Å². The number of methoxy groups -OCH3 is 1. The molecule has 0 aliphatic heterocycles. The van der Waals surface area contributed by atoms with Crippen LogP contribution in [0.4, 0.5) is 0 Å². The van der Waals surface area contributed by atoms with Crippen LogP contribution in [0.25, 0.3) is 0 Å². The van der Waals surface area contributed by atoms with Gasteiger partial charge in [-0.15, -0.1) is 0 Å². The van der Waals surface area contributed by atoms with Crippen LogP contribution >= 0.6 is 43.5 Å². The van der Waals surface area contributed by atoms with Gasteiger partial charge < -0.3 is 15.2 Å². The van der Waals surface area contributed by atoms with E-state index in [9.17, 15) is 0 Å². The first kappa shape index (κ1) is 16.1. The van der Waals surface area contributed by atoms with Gasteiger partial charge in [0.25, 0.3) is 0 Å². The molecule has 3 N–H and O–H groups in total. The Labute approximate surface area is 144 Å². The van der Waals surface area contributed by atoms with E-state index in [0.717, 1.165) is 8.95 Å². The van der Waals surface area contributed by atoms with Crippen LogP contribution in [0.15, 0.2) is 39.3 Å². The molecule has 0 aliphatic carbocycles. The molecule has 0 unspecified atom stereocenters. The van der Waals surface area contributed by atoms with Crippen molar-refractivity contribution >= 4 is 49.3 Å². The first-order valence-corrected chi connectivity index (χ1v) is 7.73. The van der Waals surface area contributed by atoms with E-state index in [1.807, 2.05) is 0 Å². The normalized spacial score (nSPS) is 10.3. The maximum atomic E-state index is 7.40. The zero-order chi connectivity index (χ0) is 15.6. The molecule has 110 valence electrons. The largest absolute Gasteiger partial charge is 0.496 e. The molecule has 2 rings (SSSR count). The number of hydrogen-bond acceptors (Lipinski definition) is 3. The van der Waals surface area contributed by atoms with Gasteiger partial charge in [0.15, 0.2) is 0 Å². The van der Waals surface area contributed by atoms with Crippen molar-refractivity contribution in [2.75, 3.05) is 7.11 Å².